The van der Waals surface area contributed by atoms with Gasteiger partial charge in [-0.2, -0.15) is 0 Å². The van der Waals surface area contributed by atoms with Crippen molar-refractivity contribution in [3.63, 3.8) is 0 Å². The average Bonchev–Trinajstić information content (AvgIpc) is 2.62. The van der Waals surface area contributed by atoms with Gasteiger partial charge in [-0.05, 0) is 56.6 Å². The summed E-state index contributed by atoms with van der Waals surface area (Å²) in [5.74, 6) is 1.28. The molecular weight excluding hydrogens is 354 g/mol. The summed E-state index contributed by atoms with van der Waals surface area (Å²) < 4.78 is 9.98. The van der Waals surface area contributed by atoms with Crippen molar-refractivity contribution in [1.29, 1.82) is 0 Å². The number of aryl methyl sites for hydroxylation is 2. The number of rotatable bonds is 7. The molecule has 2 heterocycles. The molecule has 158 valence electrons. The Hall–Kier alpha value is -2.47. The Morgan fingerprint density at radius 2 is 1.39 bits per heavy atom. The van der Waals surface area contributed by atoms with Gasteiger partial charge in [0.15, 0.2) is 0 Å². The van der Waals surface area contributed by atoms with Gasteiger partial charge in [-0.25, -0.2) is 9.97 Å². The molecule has 0 aromatic carbocycles. The van der Waals surface area contributed by atoms with Crippen LogP contribution in [0.15, 0.2) is 24.5 Å². The van der Waals surface area contributed by atoms with Gasteiger partial charge in [-0.15, -0.1) is 0 Å². The minimum atomic E-state index is 0. The Morgan fingerprint density at radius 1 is 0.929 bits per heavy atom. The number of likely N-dealkylation sites (N-methyl/N-ethyl adjacent to an activating group) is 1. The number of hydrogen-bond donors (Lipinski definition) is 0. The molecule has 0 unspecified atom stereocenters. The van der Waals surface area contributed by atoms with E-state index in [9.17, 15) is 4.79 Å². The van der Waals surface area contributed by atoms with Crippen molar-refractivity contribution in [1.82, 2.24) is 14.9 Å². The van der Waals surface area contributed by atoms with Crippen molar-refractivity contribution >= 4 is 6.29 Å². The zero-order valence-corrected chi connectivity index (χ0v) is 16.6. The van der Waals surface area contributed by atoms with E-state index in [-0.39, 0.29) is 14.9 Å². The van der Waals surface area contributed by atoms with Crippen LogP contribution in [-0.4, -0.2) is 56.0 Å². The third-order valence-electron chi connectivity index (χ3n) is 3.94. The molecule has 0 amide bonds. The smallest absolute Gasteiger partial charge is 0.213 e. The van der Waals surface area contributed by atoms with Gasteiger partial charge in [0.1, 0.15) is 6.29 Å². The standard InChI is InChI=1S/C11H18N2O.C9H11NO2.2CH4/c1-9-7-11(14-4)12-8-10(9)5-6-13(2)3;1-7-5-9(12-2)10-6-8(7)3-4-11;;/h7-8H,5-6H2,1-4H3;4-6H,3H2,1-2H3;2*1H4. The number of pyridine rings is 2. The first-order chi connectivity index (χ1) is 12.4. The van der Waals surface area contributed by atoms with Crippen molar-refractivity contribution in [2.24, 2.45) is 0 Å². The van der Waals surface area contributed by atoms with E-state index < -0.39 is 0 Å². The Morgan fingerprint density at radius 3 is 1.75 bits per heavy atom. The lowest BCUT2D eigenvalue weighted by atomic mass is 10.1. The molecule has 0 bridgehead atoms. The zero-order chi connectivity index (χ0) is 19.5. The molecule has 0 aliphatic carbocycles. The van der Waals surface area contributed by atoms with Gasteiger partial charge < -0.3 is 19.2 Å². The van der Waals surface area contributed by atoms with Gasteiger partial charge in [-0.1, -0.05) is 14.9 Å². The first-order valence-corrected chi connectivity index (χ1v) is 8.48. The van der Waals surface area contributed by atoms with E-state index in [2.05, 4.69) is 35.9 Å². The second-order valence-electron chi connectivity index (χ2n) is 6.23. The molecule has 0 aliphatic rings. The number of hydrogen-bond acceptors (Lipinski definition) is 6. The normalized spacial score (nSPS) is 9.39. The predicted molar refractivity (Wildman–Crippen MR) is 117 cm³/mol. The molecule has 0 saturated carbocycles. The fourth-order valence-electron chi connectivity index (χ4n) is 2.25. The molecule has 6 heteroatoms. The Labute approximate surface area is 170 Å². The van der Waals surface area contributed by atoms with Crippen molar-refractivity contribution in [3.8, 4) is 11.8 Å². The highest BCUT2D eigenvalue weighted by molar-refractivity contribution is 5.55. The summed E-state index contributed by atoms with van der Waals surface area (Å²) in [5, 5.41) is 0. The number of nitrogens with zero attached hydrogens (tertiary/aromatic N) is 3. The van der Waals surface area contributed by atoms with Gasteiger partial charge in [0, 0.05) is 37.5 Å². The van der Waals surface area contributed by atoms with Gasteiger partial charge >= 0.3 is 0 Å². The molecule has 0 radical (unpaired) electrons. The largest absolute Gasteiger partial charge is 0.481 e. The van der Waals surface area contributed by atoms with E-state index in [1.54, 1.807) is 20.4 Å². The molecular formula is C22H37N3O3. The van der Waals surface area contributed by atoms with Gasteiger partial charge in [0.05, 0.1) is 14.2 Å². The zero-order valence-electron chi connectivity index (χ0n) is 16.6. The third-order valence-corrected chi connectivity index (χ3v) is 3.94. The number of carbonyl (C=O) groups excluding carboxylic acids is 1. The predicted octanol–water partition coefficient (Wildman–Crippen LogP) is 3.91. The van der Waals surface area contributed by atoms with Gasteiger partial charge in [0.2, 0.25) is 11.8 Å². The number of ether oxygens (including phenoxy) is 2. The van der Waals surface area contributed by atoms with E-state index in [0.29, 0.717) is 18.2 Å². The highest BCUT2D eigenvalue weighted by atomic mass is 16.5. The minimum absolute atomic E-state index is 0. The maximum absolute atomic E-state index is 10.2. The summed E-state index contributed by atoms with van der Waals surface area (Å²) >= 11 is 0. The maximum atomic E-state index is 10.2. The van der Waals surface area contributed by atoms with Crippen molar-refractivity contribution < 1.29 is 14.3 Å². The Kier molecular flexibility index (Phi) is 14.4. The summed E-state index contributed by atoms with van der Waals surface area (Å²) in [6, 6.07) is 3.80. The average molecular weight is 392 g/mol. The second-order valence-corrected chi connectivity index (χ2v) is 6.23. The van der Waals surface area contributed by atoms with Gasteiger partial charge in [-0.3, -0.25) is 0 Å². The third kappa shape index (κ3) is 9.46. The fraction of sp³-hybridized carbons (Fsp3) is 0.500. The molecule has 6 nitrogen and oxygen atoms in total. The fourth-order valence-corrected chi connectivity index (χ4v) is 2.25. The molecule has 2 aromatic rings. The lowest BCUT2D eigenvalue weighted by Gasteiger charge is -2.11. The van der Waals surface area contributed by atoms with Crippen LogP contribution in [0.5, 0.6) is 11.8 Å². The lowest BCUT2D eigenvalue weighted by molar-refractivity contribution is -0.107. The number of methoxy groups -OCH3 is 2. The molecule has 0 fully saturated rings. The lowest BCUT2D eigenvalue weighted by Crippen LogP contribution is -2.15. The molecule has 2 aromatic heterocycles. The monoisotopic (exact) mass is 391 g/mol. The first kappa shape index (κ1) is 27.7. The highest BCUT2D eigenvalue weighted by Crippen LogP contribution is 2.14. The van der Waals surface area contributed by atoms with Crippen LogP contribution >= 0.6 is 0 Å². The van der Waals surface area contributed by atoms with E-state index in [1.165, 1.54) is 11.1 Å². The van der Waals surface area contributed by atoms with Gasteiger partial charge in [0.25, 0.3) is 0 Å². The molecule has 0 spiro atoms. The summed E-state index contributed by atoms with van der Waals surface area (Å²) in [4.78, 5) is 20.6. The molecule has 0 saturated heterocycles. The first-order valence-electron chi connectivity index (χ1n) is 8.48. The van der Waals surface area contributed by atoms with E-state index in [0.717, 1.165) is 30.4 Å². The molecule has 2 rings (SSSR count). The quantitative estimate of drug-likeness (QED) is 0.667. The molecule has 0 atom stereocenters. The number of carbonyl (C=O) groups is 1. The van der Waals surface area contributed by atoms with Crippen molar-refractivity contribution in [2.45, 2.75) is 41.5 Å². The van der Waals surface area contributed by atoms with Crippen LogP contribution in [0, 0.1) is 13.8 Å². The van der Waals surface area contributed by atoms with Crippen LogP contribution < -0.4 is 9.47 Å². The van der Waals surface area contributed by atoms with Crippen LogP contribution in [0.4, 0.5) is 0 Å². The van der Waals surface area contributed by atoms with Crippen molar-refractivity contribution in [3.05, 3.63) is 46.8 Å². The highest BCUT2D eigenvalue weighted by Gasteiger charge is 2.02. The van der Waals surface area contributed by atoms with Crippen LogP contribution in [0.25, 0.3) is 0 Å². The minimum Gasteiger partial charge on any atom is -0.481 e. The second kappa shape index (κ2) is 14.6. The molecule has 0 aliphatic heterocycles. The number of aldehydes is 1. The summed E-state index contributed by atoms with van der Waals surface area (Å²) in [7, 11) is 7.36. The summed E-state index contributed by atoms with van der Waals surface area (Å²) in [5.41, 5.74) is 4.53. The van der Waals surface area contributed by atoms with Crippen LogP contribution in [0.1, 0.15) is 37.1 Å². The molecule has 28 heavy (non-hydrogen) atoms. The Balaban J connectivity index is 0. The Bertz CT molecular complexity index is 703. The van der Waals surface area contributed by atoms with E-state index in [1.807, 2.05) is 25.3 Å². The molecule has 0 N–H and O–H groups in total. The van der Waals surface area contributed by atoms with Crippen LogP contribution in [-0.2, 0) is 17.6 Å². The topological polar surface area (TPSA) is 64.6 Å². The van der Waals surface area contributed by atoms with E-state index in [4.69, 9.17) is 9.47 Å². The van der Waals surface area contributed by atoms with Crippen LogP contribution in [0.2, 0.25) is 0 Å². The summed E-state index contributed by atoms with van der Waals surface area (Å²) in [6.07, 6.45) is 5.90. The maximum Gasteiger partial charge on any atom is 0.213 e. The SMILES string of the molecule is C.C.COc1cc(C)c(CC=O)cn1.COc1cc(C)c(CCN(C)C)cn1. The van der Waals surface area contributed by atoms with E-state index >= 15 is 0 Å². The number of aromatic nitrogens is 2. The summed E-state index contributed by atoms with van der Waals surface area (Å²) in [6.45, 7) is 5.08. The van der Waals surface area contributed by atoms with Crippen LogP contribution in [0.3, 0.4) is 0 Å². The van der Waals surface area contributed by atoms with Crippen molar-refractivity contribution in [2.75, 3.05) is 34.9 Å².